The minimum Gasteiger partial charge on any atom is -0.490 e. The summed E-state index contributed by atoms with van der Waals surface area (Å²) in [6, 6.07) is 28.0. The van der Waals surface area contributed by atoms with Crippen molar-refractivity contribution >= 4 is 29.1 Å². The molecule has 1 saturated carbocycles. The minimum absolute atomic E-state index is 0.0883. The Labute approximate surface area is 339 Å². The molecule has 2 fully saturated rings. The Morgan fingerprint density at radius 1 is 0.839 bits per heavy atom. The number of aromatic nitrogens is 4. The number of amides is 1. The number of halogens is 2. The first-order chi connectivity index (χ1) is 27.4. The molecule has 4 aromatic carbocycles. The van der Waals surface area contributed by atoms with E-state index in [2.05, 4.69) is 49.0 Å². The van der Waals surface area contributed by atoms with Crippen molar-refractivity contribution in [3.63, 3.8) is 0 Å². The van der Waals surface area contributed by atoms with Crippen LogP contribution in [-0.2, 0) is 29.1 Å². The van der Waals surface area contributed by atoms with Crippen molar-refractivity contribution in [3.8, 4) is 28.6 Å². The molecule has 1 aliphatic carbocycles. The molecule has 0 bridgehead atoms. The second-order valence-electron chi connectivity index (χ2n) is 14.1. The van der Waals surface area contributed by atoms with E-state index in [1.807, 2.05) is 73.7 Å². The van der Waals surface area contributed by atoms with Gasteiger partial charge in [0.1, 0.15) is 31.3 Å². The third-order valence-corrected chi connectivity index (χ3v) is 10.1. The smallest absolute Gasteiger partial charge is 0.227 e. The van der Waals surface area contributed by atoms with E-state index in [0.717, 1.165) is 85.4 Å². The third kappa shape index (κ3) is 12.4. The lowest BCUT2D eigenvalue weighted by Gasteiger charge is -2.30. The quantitative estimate of drug-likeness (QED) is 0.0895. The summed E-state index contributed by atoms with van der Waals surface area (Å²) in [5, 5.41) is 18.6. The standard InChI is InChI=1S/C28H36N6O3.C15H14Cl2O2/c1-36-13-3-4-21-14-22(18-34(25-10-11-25)28(35)24-5-2-12-29-17-24)16-26(15-21)37-19-20-6-8-23(9-7-20)27-30-32-33-31-27;1-11-9-13(16)15(14(17)10-11)19-8-7-18-12-5-3-2-4-6-12/h6-9,14-16,24-25,29H,2-5,10-13,17-19H2,1H3,(H,30,31,32,33);2-6,9-10H,7-8H2,1H3/t24-;/m1./s1. The highest BCUT2D eigenvalue weighted by Gasteiger charge is 2.36. The van der Waals surface area contributed by atoms with Crippen LogP contribution < -0.4 is 19.5 Å². The van der Waals surface area contributed by atoms with E-state index in [-0.39, 0.29) is 5.92 Å². The highest BCUT2D eigenvalue weighted by molar-refractivity contribution is 6.37. The van der Waals surface area contributed by atoms with Crippen LogP contribution in [0, 0.1) is 12.8 Å². The van der Waals surface area contributed by atoms with Crippen molar-refractivity contribution in [3.05, 3.63) is 117 Å². The molecule has 1 atom stereocenters. The van der Waals surface area contributed by atoms with Crippen molar-refractivity contribution in [2.24, 2.45) is 5.92 Å². The van der Waals surface area contributed by atoms with Crippen LogP contribution in [0.15, 0.2) is 84.9 Å². The SMILES string of the molecule is COCCCc1cc(CN(C(=O)[C@@H]2CCCNC2)C2CC2)cc(OCc2ccc(-c3nn[nH]n3)cc2)c1.Cc1cc(Cl)c(OCCOc2ccccc2)c(Cl)c1. The number of H-pyrrole nitrogens is 1. The number of benzene rings is 4. The van der Waals surface area contributed by atoms with Gasteiger partial charge in [-0.15, -0.1) is 10.2 Å². The molecule has 296 valence electrons. The summed E-state index contributed by atoms with van der Waals surface area (Å²) in [6.07, 6.45) is 6.09. The zero-order valence-electron chi connectivity index (χ0n) is 32.0. The maximum absolute atomic E-state index is 13.4. The maximum atomic E-state index is 13.4. The molecule has 5 aromatic rings. The van der Waals surface area contributed by atoms with Crippen LogP contribution in [0.4, 0.5) is 0 Å². The van der Waals surface area contributed by atoms with Crippen LogP contribution >= 0.6 is 23.2 Å². The first-order valence-electron chi connectivity index (χ1n) is 19.2. The highest BCUT2D eigenvalue weighted by atomic mass is 35.5. The molecule has 2 heterocycles. The molecule has 1 aromatic heterocycles. The van der Waals surface area contributed by atoms with Gasteiger partial charge in [-0.2, -0.15) is 5.21 Å². The highest BCUT2D eigenvalue weighted by Crippen LogP contribution is 2.34. The number of aryl methyl sites for hydroxylation is 2. The molecular weight excluding hydrogens is 751 g/mol. The Kier molecular flexibility index (Phi) is 15.4. The number of carbonyl (C=O) groups excluding carboxylic acids is 1. The first-order valence-corrected chi connectivity index (χ1v) is 20.0. The summed E-state index contributed by atoms with van der Waals surface area (Å²) < 4.78 is 22.6. The molecule has 2 aliphatic rings. The van der Waals surface area contributed by atoms with Gasteiger partial charge in [-0.3, -0.25) is 4.79 Å². The van der Waals surface area contributed by atoms with E-state index in [1.165, 1.54) is 5.56 Å². The number of carbonyl (C=O) groups is 1. The van der Waals surface area contributed by atoms with E-state index in [0.29, 0.717) is 66.5 Å². The Morgan fingerprint density at radius 3 is 2.27 bits per heavy atom. The minimum atomic E-state index is 0.0883. The van der Waals surface area contributed by atoms with Gasteiger partial charge in [0.2, 0.25) is 11.7 Å². The lowest BCUT2D eigenvalue weighted by Crippen LogP contribution is -2.43. The summed E-state index contributed by atoms with van der Waals surface area (Å²) in [5.41, 5.74) is 5.29. The molecule has 13 heteroatoms. The van der Waals surface area contributed by atoms with Crippen LogP contribution in [0.2, 0.25) is 10.0 Å². The van der Waals surface area contributed by atoms with Crippen LogP contribution in [-0.4, -0.2) is 77.5 Å². The maximum Gasteiger partial charge on any atom is 0.227 e. The van der Waals surface area contributed by atoms with Gasteiger partial charge < -0.3 is 29.2 Å². The fourth-order valence-corrected chi connectivity index (χ4v) is 7.29. The van der Waals surface area contributed by atoms with Gasteiger partial charge in [-0.25, -0.2) is 0 Å². The summed E-state index contributed by atoms with van der Waals surface area (Å²) in [6.45, 7) is 6.35. The van der Waals surface area contributed by atoms with Crippen molar-refractivity contribution in [2.75, 3.05) is 40.0 Å². The van der Waals surface area contributed by atoms with Gasteiger partial charge >= 0.3 is 0 Å². The number of methoxy groups -OCH3 is 1. The summed E-state index contributed by atoms with van der Waals surface area (Å²) >= 11 is 12.2. The summed E-state index contributed by atoms with van der Waals surface area (Å²) in [7, 11) is 1.73. The predicted octanol–water partition coefficient (Wildman–Crippen LogP) is 8.27. The van der Waals surface area contributed by atoms with Gasteiger partial charge in [0, 0.05) is 38.4 Å². The van der Waals surface area contributed by atoms with E-state index >= 15 is 0 Å². The lowest BCUT2D eigenvalue weighted by atomic mass is 9.97. The molecule has 11 nitrogen and oxygen atoms in total. The van der Waals surface area contributed by atoms with Crippen molar-refractivity contribution in [1.29, 1.82) is 0 Å². The van der Waals surface area contributed by atoms with Crippen LogP contribution in [0.1, 0.15) is 54.4 Å². The number of tetrazole rings is 1. The molecule has 1 saturated heterocycles. The molecule has 2 N–H and O–H groups in total. The van der Waals surface area contributed by atoms with Crippen LogP contribution in [0.5, 0.6) is 17.2 Å². The number of aromatic amines is 1. The van der Waals surface area contributed by atoms with Crippen LogP contribution in [0.3, 0.4) is 0 Å². The molecule has 0 spiro atoms. The zero-order valence-corrected chi connectivity index (χ0v) is 33.5. The molecular formula is C43H50Cl2N6O5. The van der Waals surface area contributed by atoms with Crippen molar-refractivity contribution in [2.45, 2.75) is 64.6 Å². The van der Waals surface area contributed by atoms with Gasteiger partial charge in [0.15, 0.2) is 5.75 Å². The number of piperidine rings is 1. The molecule has 56 heavy (non-hydrogen) atoms. The Hall–Kier alpha value is -4.68. The van der Waals surface area contributed by atoms with E-state index in [1.54, 1.807) is 7.11 Å². The Balaban J connectivity index is 0.000000235. The average Bonchev–Trinajstić information content (AvgIpc) is 3.91. The van der Waals surface area contributed by atoms with E-state index < -0.39 is 0 Å². The lowest BCUT2D eigenvalue weighted by molar-refractivity contribution is -0.137. The number of ether oxygens (including phenoxy) is 4. The third-order valence-electron chi connectivity index (χ3n) is 9.56. The average molecular weight is 802 g/mol. The summed E-state index contributed by atoms with van der Waals surface area (Å²) in [4.78, 5) is 15.5. The number of para-hydroxylation sites is 1. The monoisotopic (exact) mass is 800 g/mol. The van der Waals surface area contributed by atoms with Crippen LogP contribution in [0.25, 0.3) is 11.4 Å². The van der Waals surface area contributed by atoms with Crippen molar-refractivity contribution < 1.29 is 23.7 Å². The second kappa shape index (κ2) is 21.0. The topological polar surface area (TPSA) is 124 Å². The zero-order chi connectivity index (χ0) is 39.1. The number of hydrogen-bond acceptors (Lipinski definition) is 9. The molecule has 7 rings (SSSR count). The first kappa shape index (κ1) is 41.0. The van der Waals surface area contributed by atoms with Gasteiger partial charge in [0.25, 0.3) is 0 Å². The van der Waals surface area contributed by atoms with Gasteiger partial charge in [-0.05, 0) is 116 Å². The summed E-state index contributed by atoms with van der Waals surface area (Å²) in [5.74, 6) is 3.10. The number of rotatable bonds is 17. The fourth-order valence-electron chi connectivity index (χ4n) is 6.58. The fraction of sp³-hybridized carbons (Fsp3) is 0.395. The molecule has 1 amide bonds. The van der Waals surface area contributed by atoms with E-state index in [4.69, 9.17) is 42.1 Å². The Morgan fingerprint density at radius 2 is 1.59 bits per heavy atom. The largest absolute Gasteiger partial charge is 0.490 e. The van der Waals surface area contributed by atoms with E-state index in [9.17, 15) is 4.79 Å². The number of hydrogen-bond donors (Lipinski definition) is 2. The molecule has 0 radical (unpaired) electrons. The number of nitrogens with one attached hydrogen (secondary N) is 2. The normalized spacial score (nSPS) is 15.0. The van der Waals surface area contributed by atoms with Gasteiger partial charge in [-0.1, -0.05) is 71.7 Å². The second-order valence-corrected chi connectivity index (χ2v) is 14.9. The van der Waals surface area contributed by atoms with Gasteiger partial charge in [0.05, 0.1) is 16.0 Å². The predicted molar refractivity (Wildman–Crippen MR) is 218 cm³/mol. The number of nitrogens with zero attached hydrogens (tertiary/aromatic N) is 4. The molecule has 1 aliphatic heterocycles. The molecule has 0 unspecified atom stereocenters. The van der Waals surface area contributed by atoms with Crippen molar-refractivity contribution in [1.82, 2.24) is 30.8 Å². The Bertz CT molecular complexity index is 1930.